The van der Waals surface area contributed by atoms with Gasteiger partial charge in [-0.1, -0.05) is 6.07 Å². The van der Waals surface area contributed by atoms with E-state index in [-0.39, 0.29) is 5.54 Å². The molecule has 0 amide bonds. The molecule has 0 aliphatic rings. The van der Waals surface area contributed by atoms with Crippen molar-refractivity contribution in [2.75, 3.05) is 0 Å². The summed E-state index contributed by atoms with van der Waals surface area (Å²) in [5, 5.41) is 3.49. The van der Waals surface area contributed by atoms with E-state index in [9.17, 15) is 0 Å². The highest BCUT2D eigenvalue weighted by atomic mass is 15.1. The highest BCUT2D eigenvalue weighted by Crippen LogP contribution is 2.06. The first-order valence-electron chi connectivity index (χ1n) is 6.68. The molecule has 0 saturated heterocycles. The van der Waals surface area contributed by atoms with Gasteiger partial charge in [-0.05, 0) is 32.9 Å². The van der Waals surface area contributed by atoms with Gasteiger partial charge in [-0.25, -0.2) is 4.98 Å². The number of pyridine rings is 1. The fourth-order valence-corrected chi connectivity index (χ4v) is 1.83. The Morgan fingerprint density at radius 2 is 2.11 bits per heavy atom. The zero-order chi connectivity index (χ0) is 13.7. The first kappa shape index (κ1) is 13.7. The van der Waals surface area contributed by atoms with Crippen LogP contribution in [-0.4, -0.2) is 20.1 Å². The van der Waals surface area contributed by atoms with E-state index in [2.05, 4.69) is 46.7 Å². The zero-order valence-electron chi connectivity index (χ0n) is 11.9. The standard InChI is InChI=1S/C15H22N4/c1-15(2,3)18-11-14-10-16-12-19(14)9-7-13-6-4-5-8-17-13/h4-6,8,10,12,18H,7,9,11H2,1-3H3. The molecule has 0 aromatic carbocycles. The Bertz CT molecular complexity index is 496. The molecule has 0 aliphatic heterocycles. The van der Waals surface area contributed by atoms with Gasteiger partial charge >= 0.3 is 0 Å². The summed E-state index contributed by atoms with van der Waals surface area (Å²) in [4.78, 5) is 8.58. The molecule has 2 aromatic rings. The molecule has 2 heterocycles. The van der Waals surface area contributed by atoms with E-state index in [1.807, 2.05) is 30.9 Å². The summed E-state index contributed by atoms with van der Waals surface area (Å²) >= 11 is 0. The minimum absolute atomic E-state index is 0.121. The minimum Gasteiger partial charge on any atom is -0.333 e. The van der Waals surface area contributed by atoms with Crippen LogP contribution in [0.5, 0.6) is 0 Å². The highest BCUT2D eigenvalue weighted by molar-refractivity contribution is 5.05. The Hall–Kier alpha value is -1.68. The number of nitrogens with one attached hydrogen (secondary N) is 1. The lowest BCUT2D eigenvalue weighted by atomic mass is 10.1. The largest absolute Gasteiger partial charge is 0.333 e. The van der Waals surface area contributed by atoms with Crippen molar-refractivity contribution in [2.24, 2.45) is 0 Å². The van der Waals surface area contributed by atoms with Crippen molar-refractivity contribution in [3.05, 3.63) is 48.3 Å². The van der Waals surface area contributed by atoms with Crippen LogP contribution < -0.4 is 5.32 Å². The lowest BCUT2D eigenvalue weighted by Crippen LogP contribution is -2.35. The maximum atomic E-state index is 4.34. The number of hydrogen-bond acceptors (Lipinski definition) is 3. The van der Waals surface area contributed by atoms with Crippen LogP contribution in [0.15, 0.2) is 36.9 Å². The minimum atomic E-state index is 0.121. The summed E-state index contributed by atoms with van der Waals surface area (Å²) in [6.45, 7) is 8.26. The molecule has 0 unspecified atom stereocenters. The third-order valence-corrected chi connectivity index (χ3v) is 2.93. The van der Waals surface area contributed by atoms with E-state index < -0.39 is 0 Å². The van der Waals surface area contributed by atoms with E-state index in [1.54, 1.807) is 0 Å². The molecular weight excluding hydrogens is 236 g/mol. The average Bonchev–Trinajstić information content (AvgIpc) is 2.82. The van der Waals surface area contributed by atoms with Gasteiger partial charge in [-0.2, -0.15) is 0 Å². The van der Waals surface area contributed by atoms with Crippen LogP contribution in [0, 0.1) is 0 Å². The topological polar surface area (TPSA) is 42.7 Å². The van der Waals surface area contributed by atoms with Crippen LogP contribution in [0.1, 0.15) is 32.2 Å². The van der Waals surface area contributed by atoms with Crippen molar-refractivity contribution < 1.29 is 0 Å². The molecule has 2 aromatic heterocycles. The molecule has 2 rings (SSSR count). The molecule has 1 N–H and O–H groups in total. The van der Waals surface area contributed by atoms with Gasteiger partial charge < -0.3 is 9.88 Å². The van der Waals surface area contributed by atoms with E-state index in [0.717, 1.165) is 25.2 Å². The van der Waals surface area contributed by atoms with E-state index >= 15 is 0 Å². The quantitative estimate of drug-likeness (QED) is 0.895. The van der Waals surface area contributed by atoms with Crippen molar-refractivity contribution in [3.8, 4) is 0 Å². The second kappa shape index (κ2) is 5.97. The molecule has 0 aliphatic carbocycles. The molecule has 0 radical (unpaired) electrons. The number of aryl methyl sites for hydroxylation is 2. The number of imidazole rings is 1. The van der Waals surface area contributed by atoms with Gasteiger partial charge in [0, 0.05) is 43.1 Å². The molecule has 0 bridgehead atoms. The van der Waals surface area contributed by atoms with E-state index in [1.165, 1.54) is 5.69 Å². The van der Waals surface area contributed by atoms with Crippen molar-refractivity contribution in [2.45, 2.75) is 45.8 Å². The van der Waals surface area contributed by atoms with Crippen LogP contribution in [0.3, 0.4) is 0 Å². The smallest absolute Gasteiger partial charge is 0.0948 e. The van der Waals surface area contributed by atoms with Gasteiger partial charge in [0.25, 0.3) is 0 Å². The molecular formula is C15H22N4. The van der Waals surface area contributed by atoms with Gasteiger partial charge in [0.15, 0.2) is 0 Å². The van der Waals surface area contributed by atoms with Crippen LogP contribution in [0.2, 0.25) is 0 Å². The summed E-state index contributed by atoms with van der Waals surface area (Å²) in [5.74, 6) is 0. The zero-order valence-corrected chi connectivity index (χ0v) is 11.9. The first-order chi connectivity index (χ1) is 9.04. The number of rotatable bonds is 5. The third kappa shape index (κ3) is 4.48. The molecule has 0 spiro atoms. The summed E-state index contributed by atoms with van der Waals surface area (Å²) in [6, 6.07) is 6.03. The summed E-state index contributed by atoms with van der Waals surface area (Å²) < 4.78 is 2.19. The van der Waals surface area contributed by atoms with E-state index in [0.29, 0.717) is 0 Å². The fourth-order valence-electron chi connectivity index (χ4n) is 1.83. The monoisotopic (exact) mass is 258 g/mol. The van der Waals surface area contributed by atoms with Crippen molar-refractivity contribution >= 4 is 0 Å². The summed E-state index contributed by atoms with van der Waals surface area (Å²) in [7, 11) is 0. The normalized spacial score (nSPS) is 11.7. The lowest BCUT2D eigenvalue weighted by molar-refractivity contribution is 0.415. The third-order valence-electron chi connectivity index (χ3n) is 2.93. The molecule has 0 atom stereocenters. The molecule has 0 saturated carbocycles. The summed E-state index contributed by atoms with van der Waals surface area (Å²) in [6.07, 6.45) is 6.59. The molecule has 19 heavy (non-hydrogen) atoms. The van der Waals surface area contributed by atoms with Gasteiger partial charge in [0.2, 0.25) is 0 Å². The SMILES string of the molecule is CC(C)(C)NCc1cncn1CCc1ccccn1. The van der Waals surface area contributed by atoms with Gasteiger partial charge in [0.05, 0.1) is 12.0 Å². The van der Waals surface area contributed by atoms with Gasteiger partial charge in [-0.3, -0.25) is 4.98 Å². The van der Waals surface area contributed by atoms with Crippen LogP contribution in [0.25, 0.3) is 0 Å². The predicted molar refractivity (Wildman–Crippen MR) is 76.8 cm³/mol. The van der Waals surface area contributed by atoms with Crippen molar-refractivity contribution in [3.63, 3.8) is 0 Å². The Kier molecular flexibility index (Phi) is 4.32. The Morgan fingerprint density at radius 3 is 2.79 bits per heavy atom. The first-order valence-corrected chi connectivity index (χ1v) is 6.68. The van der Waals surface area contributed by atoms with Crippen LogP contribution in [0.4, 0.5) is 0 Å². The fraction of sp³-hybridized carbons (Fsp3) is 0.467. The second-order valence-electron chi connectivity index (χ2n) is 5.75. The maximum Gasteiger partial charge on any atom is 0.0948 e. The molecule has 102 valence electrons. The average molecular weight is 258 g/mol. The molecule has 0 fully saturated rings. The van der Waals surface area contributed by atoms with Crippen molar-refractivity contribution in [1.82, 2.24) is 19.9 Å². The Balaban J connectivity index is 1.92. The van der Waals surface area contributed by atoms with E-state index in [4.69, 9.17) is 0 Å². The predicted octanol–water partition coefficient (Wildman–Crippen LogP) is 2.41. The number of aromatic nitrogens is 3. The second-order valence-corrected chi connectivity index (χ2v) is 5.75. The van der Waals surface area contributed by atoms with Crippen LogP contribution >= 0.6 is 0 Å². The lowest BCUT2D eigenvalue weighted by Gasteiger charge is -2.20. The van der Waals surface area contributed by atoms with Gasteiger partial charge in [0.1, 0.15) is 0 Å². The molecule has 4 nitrogen and oxygen atoms in total. The Labute approximate surface area is 114 Å². The maximum absolute atomic E-state index is 4.34. The molecule has 4 heteroatoms. The van der Waals surface area contributed by atoms with Crippen LogP contribution in [-0.2, 0) is 19.5 Å². The number of hydrogen-bond donors (Lipinski definition) is 1. The Morgan fingerprint density at radius 1 is 1.26 bits per heavy atom. The summed E-state index contributed by atoms with van der Waals surface area (Å²) in [5.41, 5.74) is 2.45. The number of nitrogens with zero attached hydrogens (tertiary/aromatic N) is 3. The highest BCUT2D eigenvalue weighted by Gasteiger charge is 2.10. The van der Waals surface area contributed by atoms with Gasteiger partial charge in [-0.15, -0.1) is 0 Å². The van der Waals surface area contributed by atoms with Crippen molar-refractivity contribution in [1.29, 1.82) is 0 Å².